The van der Waals surface area contributed by atoms with Crippen LogP contribution in [0.25, 0.3) is 0 Å². The predicted octanol–water partition coefficient (Wildman–Crippen LogP) is 0.868. The fourth-order valence-electron chi connectivity index (χ4n) is 2.76. The molecule has 0 saturated carbocycles. The molecule has 3 amide bonds. The topological polar surface area (TPSA) is 73.8 Å². The third-order valence-corrected chi connectivity index (χ3v) is 4.29. The molecule has 1 saturated heterocycles. The van der Waals surface area contributed by atoms with Gasteiger partial charge >= 0.3 is 0 Å². The van der Waals surface area contributed by atoms with Crippen molar-refractivity contribution in [2.75, 3.05) is 39.3 Å². The lowest BCUT2D eigenvalue weighted by molar-refractivity contribution is -0.130. The Balaban J connectivity index is 2.10. The molecule has 1 aliphatic heterocycles. The van der Waals surface area contributed by atoms with Gasteiger partial charge in [0.2, 0.25) is 5.91 Å². The standard InChI is InChI=1S/C17H24N4O3/c1-4-19(5-2)17(24)15-12-14(6-7-18-15)16(23)21-10-8-20(9-11-21)13(3)22/h6-7,12H,4-5,8-11H2,1-3H3. The molecule has 24 heavy (non-hydrogen) atoms. The van der Waals surface area contributed by atoms with E-state index in [0.29, 0.717) is 44.8 Å². The molecular formula is C17H24N4O3. The molecule has 0 spiro atoms. The smallest absolute Gasteiger partial charge is 0.272 e. The van der Waals surface area contributed by atoms with Gasteiger partial charge in [-0.1, -0.05) is 0 Å². The SMILES string of the molecule is CCN(CC)C(=O)c1cc(C(=O)N2CCN(C(C)=O)CC2)ccn1. The molecule has 0 N–H and O–H groups in total. The number of pyridine rings is 1. The van der Waals surface area contributed by atoms with Gasteiger partial charge in [-0.2, -0.15) is 0 Å². The van der Waals surface area contributed by atoms with E-state index in [0.717, 1.165) is 0 Å². The van der Waals surface area contributed by atoms with Crippen LogP contribution in [-0.2, 0) is 4.79 Å². The summed E-state index contributed by atoms with van der Waals surface area (Å²) in [5, 5.41) is 0. The fourth-order valence-corrected chi connectivity index (χ4v) is 2.76. The largest absolute Gasteiger partial charge is 0.339 e. The van der Waals surface area contributed by atoms with Crippen LogP contribution < -0.4 is 0 Å². The summed E-state index contributed by atoms with van der Waals surface area (Å²) in [6.45, 7) is 8.63. The summed E-state index contributed by atoms with van der Waals surface area (Å²) in [5.74, 6) is -0.275. The second kappa shape index (κ2) is 7.90. The molecule has 1 fully saturated rings. The first-order chi connectivity index (χ1) is 11.5. The van der Waals surface area contributed by atoms with Crippen LogP contribution in [0.15, 0.2) is 18.3 Å². The van der Waals surface area contributed by atoms with Crippen LogP contribution in [0.1, 0.15) is 41.6 Å². The molecule has 0 radical (unpaired) electrons. The molecule has 130 valence electrons. The van der Waals surface area contributed by atoms with Gasteiger partial charge in [0.15, 0.2) is 0 Å². The Morgan fingerprint density at radius 1 is 1.08 bits per heavy atom. The molecule has 2 heterocycles. The molecule has 7 nitrogen and oxygen atoms in total. The van der Waals surface area contributed by atoms with Crippen molar-refractivity contribution in [3.8, 4) is 0 Å². The van der Waals surface area contributed by atoms with Crippen molar-refractivity contribution in [1.29, 1.82) is 0 Å². The van der Waals surface area contributed by atoms with Gasteiger partial charge < -0.3 is 14.7 Å². The van der Waals surface area contributed by atoms with Gasteiger partial charge in [0.25, 0.3) is 11.8 Å². The molecule has 2 rings (SSSR count). The quantitative estimate of drug-likeness (QED) is 0.820. The summed E-state index contributed by atoms with van der Waals surface area (Å²) in [4.78, 5) is 45.6. The molecule has 1 aromatic heterocycles. The number of nitrogens with zero attached hydrogens (tertiary/aromatic N) is 4. The number of rotatable bonds is 4. The average molecular weight is 332 g/mol. The first kappa shape index (κ1) is 17.9. The zero-order valence-corrected chi connectivity index (χ0v) is 14.5. The van der Waals surface area contributed by atoms with Gasteiger partial charge in [-0.15, -0.1) is 0 Å². The second-order valence-electron chi connectivity index (χ2n) is 5.71. The number of piperazine rings is 1. The summed E-state index contributed by atoms with van der Waals surface area (Å²) < 4.78 is 0. The van der Waals surface area contributed by atoms with E-state index in [-0.39, 0.29) is 23.4 Å². The van der Waals surface area contributed by atoms with Crippen LogP contribution in [0.2, 0.25) is 0 Å². The Bertz CT molecular complexity index is 620. The first-order valence-corrected chi connectivity index (χ1v) is 8.28. The fraction of sp³-hybridized carbons (Fsp3) is 0.529. The minimum Gasteiger partial charge on any atom is -0.339 e. The number of carbonyl (C=O) groups excluding carboxylic acids is 3. The number of hydrogen-bond acceptors (Lipinski definition) is 4. The lowest BCUT2D eigenvalue weighted by Crippen LogP contribution is -2.50. The van der Waals surface area contributed by atoms with E-state index < -0.39 is 0 Å². The Hall–Kier alpha value is -2.44. The molecule has 7 heteroatoms. The van der Waals surface area contributed by atoms with Crippen molar-refractivity contribution in [2.24, 2.45) is 0 Å². The summed E-state index contributed by atoms with van der Waals surface area (Å²) in [6, 6.07) is 3.18. The van der Waals surface area contributed by atoms with E-state index in [1.54, 1.807) is 26.8 Å². The van der Waals surface area contributed by atoms with Gasteiger partial charge in [0.05, 0.1) is 0 Å². The van der Waals surface area contributed by atoms with Crippen molar-refractivity contribution in [2.45, 2.75) is 20.8 Å². The summed E-state index contributed by atoms with van der Waals surface area (Å²) in [7, 11) is 0. The van der Waals surface area contributed by atoms with Crippen LogP contribution in [0, 0.1) is 0 Å². The first-order valence-electron chi connectivity index (χ1n) is 8.28. The maximum Gasteiger partial charge on any atom is 0.272 e. The van der Waals surface area contributed by atoms with Crippen LogP contribution >= 0.6 is 0 Å². The van der Waals surface area contributed by atoms with Crippen molar-refractivity contribution in [3.05, 3.63) is 29.6 Å². The highest BCUT2D eigenvalue weighted by molar-refractivity contribution is 5.98. The molecular weight excluding hydrogens is 308 g/mol. The van der Waals surface area contributed by atoms with Crippen molar-refractivity contribution in [3.63, 3.8) is 0 Å². The predicted molar refractivity (Wildman–Crippen MR) is 89.6 cm³/mol. The minimum atomic E-state index is -0.170. The summed E-state index contributed by atoms with van der Waals surface area (Å²) in [6.07, 6.45) is 1.50. The maximum absolute atomic E-state index is 12.6. The van der Waals surface area contributed by atoms with Gasteiger partial charge in [-0.3, -0.25) is 19.4 Å². The normalized spacial score (nSPS) is 14.5. The van der Waals surface area contributed by atoms with E-state index in [1.807, 2.05) is 13.8 Å². The monoisotopic (exact) mass is 332 g/mol. The second-order valence-corrected chi connectivity index (χ2v) is 5.71. The van der Waals surface area contributed by atoms with Crippen molar-refractivity contribution in [1.82, 2.24) is 19.7 Å². The average Bonchev–Trinajstić information content (AvgIpc) is 2.62. The summed E-state index contributed by atoms with van der Waals surface area (Å²) >= 11 is 0. The third-order valence-electron chi connectivity index (χ3n) is 4.29. The number of amides is 3. The Labute approximate surface area is 142 Å². The van der Waals surface area contributed by atoms with Gasteiger partial charge in [-0.05, 0) is 26.0 Å². The molecule has 0 aromatic carbocycles. The van der Waals surface area contributed by atoms with Crippen molar-refractivity contribution >= 4 is 17.7 Å². The highest BCUT2D eigenvalue weighted by Gasteiger charge is 2.24. The van der Waals surface area contributed by atoms with E-state index in [1.165, 1.54) is 13.1 Å². The van der Waals surface area contributed by atoms with E-state index in [2.05, 4.69) is 4.98 Å². The molecule has 0 aliphatic carbocycles. The Morgan fingerprint density at radius 3 is 2.21 bits per heavy atom. The number of hydrogen-bond donors (Lipinski definition) is 0. The maximum atomic E-state index is 12.6. The Morgan fingerprint density at radius 2 is 1.67 bits per heavy atom. The summed E-state index contributed by atoms with van der Waals surface area (Å²) in [5.41, 5.74) is 0.740. The van der Waals surface area contributed by atoms with Gasteiger partial charge in [0, 0.05) is 58.0 Å². The lowest BCUT2D eigenvalue weighted by Gasteiger charge is -2.34. The molecule has 1 aliphatic rings. The number of aromatic nitrogens is 1. The van der Waals surface area contributed by atoms with Crippen molar-refractivity contribution < 1.29 is 14.4 Å². The molecule has 1 aromatic rings. The molecule has 0 bridgehead atoms. The zero-order chi connectivity index (χ0) is 17.7. The third kappa shape index (κ3) is 3.90. The minimum absolute atomic E-state index is 0.0260. The Kier molecular flexibility index (Phi) is 5.89. The van der Waals surface area contributed by atoms with E-state index in [4.69, 9.17) is 0 Å². The van der Waals surface area contributed by atoms with Crippen LogP contribution in [0.3, 0.4) is 0 Å². The van der Waals surface area contributed by atoms with E-state index >= 15 is 0 Å². The van der Waals surface area contributed by atoms with E-state index in [9.17, 15) is 14.4 Å². The van der Waals surface area contributed by atoms with Crippen LogP contribution in [0.4, 0.5) is 0 Å². The van der Waals surface area contributed by atoms with Gasteiger partial charge in [0.1, 0.15) is 5.69 Å². The highest BCUT2D eigenvalue weighted by Crippen LogP contribution is 2.11. The number of carbonyl (C=O) groups is 3. The highest BCUT2D eigenvalue weighted by atomic mass is 16.2. The van der Waals surface area contributed by atoms with Gasteiger partial charge in [-0.25, -0.2) is 0 Å². The molecule has 0 atom stereocenters. The zero-order valence-electron chi connectivity index (χ0n) is 14.5. The van der Waals surface area contributed by atoms with Crippen LogP contribution in [0.5, 0.6) is 0 Å². The lowest BCUT2D eigenvalue weighted by atomic mass is 10.1. The van der Waals surface area contributed by atoms with Crippen LogP contribution in [-0.4, -0.2) is 76.7 Å². The molecule has 0 unspecified atom stereocenters.